The Balaban J connectivity index is 4.52. The van der Waals surface area contributed by atoms with E-state index in [2.05, 4.69) is 74.7 Å². The number of nitrogens with one attached hydrogen (secondary N) is 1. The number of ether oxygens (including phenoxy) is 1. The van der Waals surface area contributed by atoms with E-state index < -0.39 is 18.2 Å². The van der Waals surface area contributed by atoms with Gasteiger partial charge in [-0.25, -0.2) is 0 Å². The quantitative estimate of drug-likeness (QED) is 0.0245. The van der Waals surface area contributed by atoms with Crippen LogP contribution in [0, 0.1) is 0 Å². The lowest BCUT2D eigenvalue weighted by Gasteiger charge is -2.24. The smallest absolute Gasteiger partial charge is 0.306 e. The van der Waals surface area contributed by atoms with Crippen LogP contribution in [-0.2, 0) is 14.3 Å². The van der Waals surface area contributed by atoms with Crippen molar-refractivity contribution in [3.8, 4) is 0 Å². The standard InChI is InChI=1S/C59H109NO5/c1-4-7-10-13-16-19-22-25-27-29-30-33-36-39-42-45-48-51-57(62)56(54-61)60-58(63)53-55(50-47-44-41-38-35-32-24-21-18-15-12-9-6-3)65-59(64)52-49-46-43-40-37-34-31-28-26-23-20-17-14-11-8-5-2/h9,12,15,18,21,24,28,31,55-57,61-62H,4-8,10-11,13-14,16-17,19-20,22-23,25-27,29-30,32-54H2,1-3H3,(H,60,63)/b12-9+,18-15+,24-21+,31-28+. The lowest BCUT2D eigenvalue weighted by Crippen LogP contribution is -2.46. The lowest BCUT2D eigenvalue weighted by atomic mass is 10.0. The van der Waals surface area contributed by atoms with Crippen molar-refractivity contribution < 1.29 is 24.5 Å². The monoisotopic (exact) mass is 912 g/mol. The van der Waals surface area contributed by atoms with Crippen LogP contribution in [0.1, 0.15) is 290 Å². The molecule has 3 unspecified atom stereocenters. The van der Waals surface area contributed by atoms with Crippen LogP contribution in [0.15, 0.2) is 48.6 Å². The highest BCUT2D eigenvalue weighted by Gasteiger charge is 2.24. The molecule has 1 amide bonds. The van der Waals surface area contributed by atoms with Crippen molar-refractivity contribution in [2.24, 2.45) is 0 Å². The number of aliphatic hydroxyl groups excluding tert-OH is 2. The zero-order valence-corrected chi connectivity index (χ0v) is 43.4. The minimum atomic E-state index is -0.795. The summed E-state index contributed by atoms with van der Waals surface area (Å²) >= 11 is 0. The second-order valence-corrected chi connectivity index (χ2v) is 19.4. The van der Waals surface area contributed by atoms with Crippen LogP contribution >= 0.6 is 0 Å². The number of hydrogen-bond acceptors (Lipinski definition) is 5. The number of amides is 1. The fourth-order valence-electron chi connectivity index (χ4n) is 8.66. The van der Waals surface area contributed by atoms with Crippen LogP contribution in [0.5, 0.6) is 0 Å². The molecule has 6 nitrogen and oxygen atoms in total. The fraction of sp³-hybridized carbons (Fsp3) is 0.831. The van der Waals surface area contributed by atoms with Gasteiger partial charge in [0.1, 0.15) is 6.10 Å². The van der Waals surface area contributed by atoms with E-state index in [4.69, 9.17) is 4.74 Å². The highest BCUT2D eigenvalue weighted by molar-refractivity contribution is 5.77. The van der Waals surface area contributed by atoms with E-state index in [1.54, 1.807) is 0 Å². The molecule has 0 spiro atoms. The lowest BCUT2D eigenvalue weighted by molar-refractivity contribution is -0.151. The predicted molar refractivity (Wildman–Crippen MR) is 282 cm³/mol. The Morgan fingerprint density at radius 1 is 0.462 bits per heavy atom. The van der Waals surface area contributed by atoms with Gasteiger partial charge in [-0.1, -0.05) is 256 Å². The first-order chi connectivity index (χ1) is 32.0. The maximum Gasteiger partial charge on any atom is 0.306 e. The summed E-state index contributed by atoms with van der Waals surface area (Å²) in [6, 6.07) is -0.710. The summed E-state index contributed by atoms with van der Waals surface area (Å²) in [4.78, 5) is 26.2. The highest BCUT2D eigenvalue weighted by atomic mass is 16.5. The molecule has 0 aliphatic carbocycles. The van der Waals surface area contributed by atoms with Gasteiger partial charge in [0.05, 0.1) is 25.2 Å². The van der Waals surface area contributed by atoms with E-state index >= 15 is 0 Å². The minimum Gasteiger partial charge on any atom is -0.462 e. The Kier molecular flexibility index (Phi) is 51.0. The Labute approximate surface area is 404 Å². The molecular weight excluding hydrogens is 803 g/mol. The van der Waals surface area contributed by atoms with Crippen molar-refractivity contribution in [1.82, 2.24) is 5.32 Å². The molecule has 0 aliphatic rings. The topological polar surface area (TPSA) is 95.9 Å². The van der Waals surface area contributed by atoms with Crippen molar-refractivity contribution in [2.45, 2.75) is 309 Å². The van der Waals surface area contributed by atoms with Crippen LogP contribution in [-0.4, -0.2) is 46.9 Å². The van der Waals surface area contributed by atoms with Crippen LogP contribution < -0.4 is 5.32 Å². The molecule has 0 rings (SSSR count). The van der Waals surface area contributed by atoms with E-state index in [-0.39, 0.29) is 24.9 Å². The van der Waals surface area contributed by atoms with E-state index in [1.807, 2.05) is 0 Å². The van der Waals surface area contributed by atoms with Gasteiger partial charge in [0, 0.05) is 6.42 Å². The van der Waals surface area contributed by atoms with Crippen molar-refractivity contribution in [1.29, 1.82) is 0 Å². The maximum atomic E-state index is 13.2. The number of carbonyl (C=O) groups is 2. The molecule has 0 radical (unpaired) electrons. The molecule has 6 heteroatoms. The third kappa shape index (κ3) is 48.1. The van der Waals surface area contributed by atoms with Gasteiger partial charge in [0.2, 0.25) is 5.91 Å². The van der Waals surface area contributed by atoms with Gasteiger partial charge in [-0.2, -0.15) is 0 Å². The molecule has 0 saturated heterocycles. The first kappa shape index (κ1) is 62.8. The van der Waals surface area contributed by atoms with Gasteiger partial charge in [-0.3, -0.25) is 9.59 Å². The summed E-state index contributed by atoms with van der Waals surface area (Å²) < 4.78 is 5.94. The number of rotatable bonds is 51. The van der Waals surface area contributed by atoms with Crippen molar-refractivity contribution in [2.75, 3.05) is 6.61 Å². The first-order valence-corrected chi connectivity index (χ1v) is 28.4. The number of hydrogen-bond donors (Lipinski definition) is 3. The van der Waals surface area contributed by atoms with Crippen LogP contribution in [0.25, 0.3) is 0 Å². The molecule has 0 aromatic rings. The molecule has 0 fully saturated rings. The number of unbranched alkanes of at least 4 members (excludes halogenated alkanes) is 33. The van der Waals surface area contributed by atoms with E-state index in [0.717, 1.165) is 89.9 Å². The Hall–Kier alpha value is -2.18. The summed E-state index contributed by atoms with van der Waals surface area (Å²) in [5, 5.41) is 23.9. The van der Waals surface area contributed by atoms with Crippen LogP contribution in [0.3, 0.4) is 0 Å². The van der Waals surface area contributed by atoms with Gasteiger partial charge >= 0.3 is 5.97 Å². The number of esters is 1. The second kappa shape index (κ2) is 52.8. The second-order valence-electron chi connectivity index (χ2n) is 19.4. The average molecular weight is 913 g/mol. The first-order valence-electron chi connectivity index (χ1n) is 28.4. The molecule has 0 heterocycles. The molecule has 65 heavy (non-hydrogen) atoms. The van der Waals surface area contributed by atoms with Crippen LogP contribution in [0.4, 0.5) is 0 Å². The van der Waals surface area contributed by atoms with Crippen molar-refractivity contribution >= 4 is 11.9 Å². The summed E-state index contributed by atoms with van der Waals surface area (Å²) in [6.07, 6.45) is 64.6. The van der Waals surface area contributed by atoms with Crippen LogP contribution in [0.2, 0.25) is 0 Å². The van der Waals surface area contributed by atoms with Gasteiger partial charge in [-0.15, -0.1) is 0 Å². The average Bonchev–Trinajstić information content (AvgIpc) is 3.30. The maximum absolute atomic E-state index is 13.2. The molecule has 0 bridgehead atoms. The number of carbonyl (C=O) groups excluding carboxylic acids is 2. The normalized spacial score (nSPS) is 13.5. The van der Waals surface area contributed by atoms with Gasteiger partial charge in [-0.05, 0) is 70.6 Å². The van der Waals surface area contributed by atoms with Gasteiger partial charge < -0.3 is 20.3 Å². The Morgan fingerprint density at radius 3 is 1.29 bits per heavy atom. The van der Waals surface area contributed by atoms with Crippen molar-refractivity contribution in [3.05, 3.63) is 48.6 Å². The molecule has 0 aliphatic heterocycles. The molecular formula is C59H109NO5. The van der Waals surface area contributed by atoms with E-state index in [1.165, 1.54) is 154 Å². The molecule has 0 aromatic carbocycles. The predicted octanol–water partition coefficient (Wildman–Crippen LogP) is 17.4. The summed E-state index contributed by atoms with van der Waals surface area (Å²) in [5.74, 6) is -0.495. The Bertz CT molecular complexity index is 1110. The summed E-state index contributed by atoms with van der Waals surface area (Å²) in [5.41, 5.74) is 0. The molecule has 0 aromatic heterocycles. The largest absolute Gasteiger partial charge is 0.462 e. The third-order valence-corrected chi connectivity index (χ3v) is 13.0. The minimum absolute atomic E-state index is 0.0618. The fourth-order valence-corrected chi connectivity index (χ4v) is 8.66. The molecule has 380 valence electrons. The van der Waals surface area contributed by atoms with Gasteiger partial charge in [0.15, 0.2) is 0 Å². The van der Waals surface area contributed by atoms with E-state index in [9.17, 15) is 19.8 Å². The zero-order valence-electron chi connectivity index (χ0n) is 43.4. The van der Waals surface area contributed by atoms with Crippen molar-refractivity contribution in [3.63, 3.8) is 0 Å². The van der Waals surface area contributed by atoms with E-state index in [0.29, 0.717) is 19.3 Å². The molecule has 0 saturated carbocycles. The van der Waals surface area contributed by atoms with Gasteiger partial charge in [0.25, 0.3) is 0 Å². The highest BCUT2D eigenvalue weighted by Crippen LogP contribution is 2.18. The third-order valence-electron chi connectivity index (χ3n) is 13.0. The number of aliphatic hydroxyl groups is 2. The Morgan fingerprint density at radius 2 is 0.846 bits per heavy atom. The summed E-state index contributed by atoms with van der Waals surface area (Å²) in [6.45, 7) is 6.37. The summed E-state index contributed by atoms with van der Waals surface area (Å²) in [7, 11) is 0. The number of allylic oxidation sites excluding steroid dienone is 8. The SMILES string of the molecule is CC/C=C/C=C/C=C/CCCCCCCC(CC(=O)NC(CO)C(O)CCCCCCCCCCCCCCCCCCC)OC(=O)CCCCCCC/C=C/CCCCCCCCC. The molecule has 3 atom stereocenters. The zero-order chi connectivity index (χ0) is 47.4. The molecule has 3 N–H and O–H groups in total.